The van der Waals surface area contributed by atoms with Crippen LogP contribution in [0.3, 0.4) is 0 Å². The van der Waals surface area contributed by atoms with Gasteiger partial charge in [-0.25, -0.2) is 4.79 Å². The number of non-ortho nitro benzene ring substituents is 1. The maximum Gasteiger partial charge on any atom is 0.387 e. The third kappa shape index (κ3) is 5.69. The fourth-order valence-corrected chi connectivity index (χ4v) is 2.03. The Hall–Kier alpha value is -3.23. The highest BCUT2D eigenvalue weighted by molar-refractivity contribution is 5.71. The maximum atomic E-state index is 12.1. The van der Waals surface area contributed by atoms with Crippen molar-refractivity contribution in [3.05, 3.63) is 64.2 Å². The van der Waals surface area contributed by atoms with Gasteiger partial charge in [-0.2, -0.15) is 8.78 Å². The highest BCUT2D eigenvalue weighted by Crippen LogP contribution is 2.22. The van der Waals surface area contributed by atoms with Crippen LogP contribution < -0.4 is 9.47 Å². The molecule has 2 aromatic carbocycles. The molecular formula is C17H15F2NO6. The van der Waals surface area contributed by atoms with E-state index >= 15 is 0 Å². The van der Waals surface area contributed by atoms with E-state index in [1.807, 2.05) is 0 Å². The standard InChI is InChI=1S/C17H15F2NO6/c1-11(12-2-6-15(7-3-12)26-17(18)19)25-16(21)10-24-14-8-4-13(5-9-14)20(22)23/h2-9,11,17H,10H2,1H3. The molecule has 138 valence electrons. The normalized spacial score (nSPS) is 11.7. The van der Waals surface area contributed by atoms with Crippen LogP contribution in [0.1, 0.15) is 18.6 Å². The van der Waals surface area contributed by atoms with Gasteiger partial charge in [0.1, 0.15) is 17.6 Å². The molecule has 0 spiro atoms. The summed E-state index contributed by atoms with van der Waals surface area (Å²) in [5.41, 5.74) is 0.503. The molecule has 0 fully saturated rings. The molecule has 2 rings (SSSR count). The molecule has 0 amide bonds. The lowest BCUT2D eigenvalue weighted by molar-refractivity contribution is -0.384. The lowest BCUT2D eigenvalue weighted by atomic mass is 10.1. The molecule has 0 saturated carbocycles. The number of halogens is 2. The van der Waals surface area contributed by atoms with E-state index in [1.54, 1.807) is 6.92 Å². The van der Waals surface area contributed by atoms with Gasteiger partial charge in [-0.05, 0) is 36.8 Å². The van der Waals surface area contributed by atoms with E-state index in [4.69, 9.17) is 9.47 Å². The van der Waals surface area contributed by atoms with Gasteiger partial charge in [0.2, 0.25) is 0 Å². The minimum atomic E-state index is -2.91. The average Bonchev–Trinajstić information content (AvgIpc) is 2.60. The number of ether oxygens (including phenoxy) is 3. The Morgan fingerprint density at radius 2 is 1.65 bits per heavy atom. The van der Waals surface area contributed by atoms with Gasteiger partial charge < -0.3 is 14.2 Å². The van der Waals surface area contributed by atoms with Crippen LogP contribution in [0.4, 0.5) is 14.5 Å². The van der Waals surface area contributed by atoms with Gasteiger partial charge in [-0.3, -0.25) is 10.1 Å². The summed E-state index contributed by atoms with van der Waals surface area (Å²) in [6.45, 7) is -1.67. The Kier molecular flexibility index (Phi) is 6.42. The molecule has 0 aliphatic rings. The number of carbonyl (C=O) groups excluding carboxylic acids is 1. The van der Waals surface area contributed by atoms with Gasteiger partial charge in [-0.15, -0.1) is 0 Å². The molecule has 0 aliphatic carbocycles. The maximum absolute atomic E-state index is 12.1. The summed E-state index contributed by atoms with van der Waals surface area (Å²) in [5.74, 6) is -0.360. The SMILES string of the molecule is CC(OC(=O)COc1ccc([N+](=O)[O-])cc1)c1ccc(OC(F)F)cc1. The summed E-state index contributed by atoms with van der Waals surface area (Å²) in [7, 11) is 0. The number of carbonyl (C=O) groups is 1. The topological polar surface area (TPSA) is 87.9 Å². The molecule has 0 aromatic heterocycles. The van der Waals surface area contributed by atoms with Gasteiger partial charge in [0.15, 0.2) is 6.61 Å². The largest absolute Gasteiger partial charge is 0.482 e. The number of hydrogen-bond acceptors (Lipinski definition) is 6. The number of nitro benzene ring substituents is 1. The summed E-state index contributed by atoms with van der Waals surface area (Å²) >= 11 is 0. The molecule has 1 unspecified atom stereocenters. The molecule has 0 aliphatic heterocycles. The van der Waals surface area contributed by atoms with E-state index in [-0.39, 0.29) is 23.8 Å². The van der Waals surface area contributed by atoms with Crippen molar-refractivity contribution in [1.29, 1.82) is 0 Å². The quantitative estimate of drug-likeness (QED) is 0.400. The highest BCUT2D eigenvalue weighted by atomic mass is 19.3. The Bertz CT molecular complexity index is 749. The minimum Gasteiger partial charge on any atom is -0.482 e. The summed E-state index contributed by atoms with van der Waals surface area (Å²) in [6.07, 6.45) is -0.622. The predicted molar refractivity (Wildman–Crippen MR) is 86.2 cm³/mol. The predicted octanol–water partition coefficient (Wildman–Crippen LogP) is 3.88. The van der Waals surface area contributed by atoms with E-state index in [0.29, 0.717) is 5.56 Å². The lowest BCUT2D eigenvalue weighted by Crippen LogP contribution is -2.17. The number of esters is 1. The number of nitrogens with zero attached hydrogens (tertiary/aromatic N) is 1. The van der Waals surface area contributed by atoms with Crippen molar-refractivity contribution in [2.45, 2.75) is 19.6 Å². The van der Waals surface area contributed by atoms with Crippen molar-refractivity contribution in [3.8, 4) is 11.5 Å². The monoisotopic (exact) mass is 367 g/mol. The van der Waals surface area contributed by atoms with Crippen molar-refractivity contribution in [2.24, 2.45) is 0 Å². The van der Waals surface area contributed by atoms with E-state index < -0.39 is 23.6 Å². The Morgan fingerprint density at radius 3 is 2.19 bits per heavy atom. The first kappa shape index (κ1) is 19.1. The first-order chi connectivity index (χ1) is 12.3. The van der Waals surface area contributed by atoms with Crippen LogP contribution in [0, 0.1) is 10.1 Å². The zero-order chi connectivity index (χ0) is 19.1. The number of rotatable bonds is 8. The third-order valence-corrected chi connectivity index (χ3v) is 3.29. The number of hydrogen-bond donors (Lipinski definition) is 0. The Morgan fingerprint density at radius 1 is 1.08 bits per heavy atom. The minimum absolute atomic E-state index is 0.00350. The lowest BCUT2D eigenvalue weighted by Gasteiger charge is -2.14. The van der Waals surface area contributed by atoms with Crippen LogP contribution in [0.25, 0.3) is 0 Å². The molecule has 26 heavy (non-hydrogen) atoms. The fourth-order valence-electron chi connectivity index (χ4n) is 2.03. The average molecular weight is 367 g/mol. The second-order valence-corrected chi connectivity index (χ2v) is 5.12. The highest BCUT2D eigenvalue weighted by Gasteiger charge is 2.14. The van der Waals surface area contributed by atoms with Crippen molar-refractivity contribution in [1.82, 2.24) is 0 Å². The van der Waals surface area contributed by atoms with Gasteiger partial charge in [0, 0.05) is 12.1 Å². The van der Waals surface area contributed by atoms with Crippen LogP contribution >= 0.6 is 0 Å². The van der Waals surface area contributed by atoms with Crippen LogP contribution in [0.15, 0.2) is 48.5 Å². The van der Waals surface area contributed by atoms with Crippen molar-refractivity contribution in [3.63, 3.8) is 0 Å². The van der Waals surface area contributed by atoms with Crippen LogP contribution in [0.5, 0.6) is 11.5 Å². The fraction of sp³-hybridized carbons (Fsp3) is 0.235. The third-order valence-electron chi connectivity index (χ3n) is 3.29. The van der Waals surface area contributed by atoms with Gasteiger partial charge >= 0.3 is 12.6 Å². The van der Waals surface area contributed by atoms with E-state index in [9.17, 15) is 23.7 Å². The first-order valence-corrected chi connectivity index (χ1v) is 7.46. The number of benzene rings is 2. The zero-order valence-corrected chi connectivity index (χ0v) is 13.6. The molecular weight excluding hydrogens is 352 g/mol. The summed E-state index contributed by atoms with van der Waals surface area (Å²) in [4.78, 5) is 21.8. The molecule has 0 heterocycles. The molecule has 0 saturated heterocycles. The molecule has 7 nitrogen and oxygen atoms in total. The zero-order valence-electron chi connectivity index (χ0n) is 13.6. The summed E-state index contributed by atoms with van der Waals surface area (Å²) in [6, 6.07) is 11.0. The smallest absolute Gasteiger partial charge is 0.387 e. The van der Waals surface area contributed by atoms with Crippen LogP contribution in [-0.4, -0.2) is 24.1 Å². The molecule has 0 radical (unpaired) electrons. The Labute approximate surface area is 147 Å². The summed E-state index contributed by atoms with van der Waals surface area (Å²) < 4.78 is 38.8. The van der Waals surface area contributed by atoms with Gasteiger partial charge in [0.05, 0.1) is 4.92 Å². The van der Waals surface area contributed by atoms with Crippen molar-refractivity contribution >= 4 is 11.7 Å². The van der Waals surface area contributed by atoms with E-state index in [1.165, 1.54) is 48.5 Å². The Balaban J connectivity index is 1.83. The molecule has 2 aromatic rings. The molecule has 0 bridgehead atoms. The van der Waals surface area contributed by atoms with Crippen LogP contribution in [0.2, 0.25) is 0 Å². The van der Waals surface area contributed by atoms with E-state index in [0.717, 1.165) is 0 Å². The van der Waals surface area contributed by atoms with E-state index in [2.05, 4.69) is 4.74 Å². The molecule has 1 atom stereocenters. The van der Waals surface area contributed by atoms with Crippen molar-refractivity contribution in [2.75, 3.05) is 6.61 Å². The number of alkyl halides is 2. The number of nitro groups is 1. The second kappa shape index (κ2) is 8.75. The van der Waals surface area contributed by atoms with Gasteiger partial charge in [0.25, 0.3) is 5.69 Å². The first-order valence-electron chi connectivity index (χ1n) is 7.46. The van der Waals surface area contributed by atoms with Gasteiger partial charge in [-0.1, -0.05) is 12.1 Å². The second-order valence-electron chi connectivity index (χ2n) is 5.12. The summed E-state index contributed by atoms with van der Waals surface area (Å²) in [5, 5.41) is 10.6. The van der Waals surface area contributed by atoms with Crippen molar-refractivity contribution < 1.29 is 32.7 Å². The molecule has 0 N–H and O–H groups in total. The molecule has 9 heteroatoms. The van der Waals surface area contributed by atoms with Crippen LogP contribution in [-0.2, 0) is 9.53 Å².